The van der Waals surface area contributed by atoms with E-state index in [0.29, 0.717) is 12.4 Å². The molecule has 1 aliphatic rings. The van der Waals surface area contributed by atoms with Crippen molar-refractivity contribution < 1.29 is 9.53 Å². The molecule has 1 aliphatic carbocycles. The quantitative estimate of drug-likeness (QED) is 0.427. The van der Waals surface area contributed by atoms with Crippen molar-refractivity contribution in [1.82, 2.24) is 15.3 Å². The van der Waals surface area contributed by atoms with E-state index < -0.39 is 0 Å². The summed E-state index contributed by atoms with van der Waals surface area (Å²) in [5, 5.41) is 9.63. The van der Waals surface area contributed by atoms with Crippen LogP contribution >= 0.6 is 0 Å². The zero-order chi connectivity index (χ0) is 24.6. The van der Waals surface area contributed by atoms with Crippen molar-refractivity contribution in [2.24, 2.45) is 0 Å². The van der Waals surface area contributed by atoms with Crippen LogP contribution in [0.1, 0.15) is 37.1 Å². The van der Waals surface area contributed by atoms with E-state index in [0.717, 1.165) is 54.3 Å². The van der Waals surface area contributed by atoms with Gasteiger partial charge in [-0.15, -0.1) is 0 Å². The Morgan fingerprint density at radius 2 is 1.71 bits per heavy atom. The number of nitrogens with zero attached hydrogens (tertiary/aromatic N) is 3. The van der Waals surface area contributed by atoms with Gasteiger partial charge in [0, 0.05) is 31.9 Å². The molecular formula is C27H34N6O2. The van der Waals surface area contributed by atoms with Crippen LogP contribution in [0.4, 0.5) is 22.1 Å². The standard InChI is InChI=1S/C27H34N6O2/c1-19-28-25(17-26(29-19)33(2)3)31-23-11-7-8-12-24(23)32-27(34)30-21-13-15-22(16-14-21)35-18-20-9-5-4-6-10-20/h4-6,9-10,13-17,23-24H,7-8,11-12,18H2,1-3H3,(H,28,29,31)(H2,30,32,34). The minimum Gasteiger partial charge on any atom is -0.489 e. The van der Waals surface area contributed by atoms with E-state index in [2.05, 4.69) is 25.9 Å². The number of nitrogens with one attached hydrogen (secondary N) is 3. The summed E-state index contributed by atoms with van der Waals surface area (Å²) in [6.45, 7) is 2.40. The maximum absolute atomic E-state index is 12.8. The Balaban J connectivity index is 1.31. The van der Waals surface area contributed by atoms with Gasteiger partial charge in [0.1, 0.15) is 29.8 Å². The molecule has 1 heterocycles. The molecule has 2 unspecified atom stereocenters. The fourth-order valence-corrected chi connectivity index (χ4v) is 4.23. The third-order valence-electron chi connectivity index (χ3n) is 6.06. The zero-order valence-electron chi connectivity index (χ0n) is 20.6. The lowest BCUT2D eigenvalue weighted by Crippen LogP contribution is -2.50. The van der Waals surface area contributed by atoms with Crippen molar-refractivity contribution in [3.63, 3.8) is 0 Å². The first-order chi connectivity index (χ1) is 17.0. The van der Waals surface area contributed by atoms with Crippen LogP contribution in [-0.2, 0) is 6.61 Å². The number of hydrogen-bond donors (Lipinski definition) is 3. The van der Waals surface area contributed by atoms with E-state index in [1.807, 2.05) is 86.6 Å². The average Bonchev–Trinajstić information content (AvgIpc) is 2.85. The van der Waals surface area contributed by atoms with Gasteiger partial charge in [-0.25, -0.2) is 14.8 Å². The lowest BCUT2D eigenvalue weighted by Gasteiger charge is -2.33. The first-order valence-electron chi connectivity index (χ1n) is 12.1. The molecule has 0 bridgehead atoms. The van der Waals surface area contributed by atoms with Crippen molar-refractivity contribution in [3.8, 4) is 5.75 Å². The number of carbonyl (C=O) groups excluding carboxylic acids is 1. The van der Waals surface area contributed by atoms with E-state index in [4.69, 9.17) is 4.74 Å². The summed E-state index contributed by atoms with van der Waals surface area (Å²) >= 11 is 0. The number of aromatic nitrogens is 2. The Labute approximate surface area is 207 Å². The van der Waals surface area contributed by atoms with Crippen LogP contribution in [0.15, 0.2) is 60.7 Å². The van der Waals surface area contributed by atoms with Crippen LogP contribution < -0.4 is 25.6 Å². The van der Waals surface area contributed by atoms with E-state index in [1.165, 1.54) is 0 Å². The van der Waals surface area contributed by atoms with Crippen LogP contribution in [0.25, 0.3) is 0 Å². The maximum Gasteiger partial charge on any atom is 0.319 e. The monoisotopic (exact) mass is 474 g/mol. The summed E-state index contributed by atoms with van der Waals surface area (Å²) in [5.74, 6) is 3.11. The fraction of sp³-hybridized carbons (Fsp3) is 0.370. The summed E-state index contributed by atoms with van der Waals surface area (Å²) in [6, 6.07) is 19.3. The Kier molecular flexibility index (Phi) is 8.03. The molecule has 4 rings (SSSR count). The molecule has 0 radical (unpaired) electrons. The summed E-state index contributed by atoms with van der Waals surface area (Å²) in [7, 11) is 3.92. The first kappa shape index (κ1) is 24.3. The van der Waals surface area contributed by atoms with Gasteiger partial charge < -0.3 is 25.6 Å². The number of anilines is 3. The maximum atomic E-state index is 12.8. The molecule has 1 saturated carbocycles. The molecule has 0 spiro atoms. The molecular weight excluding hydrogens is 440 g/mol. The van der Waals surface area contributed by atoms with E-state index in [-0.39, 0.29) is 18.1 Å². The summed E-state index contributed by atoms with van der Waals surface area (Å²) in [4.78, 5) is 23.7. The second kappa shape index (κ2) is 11.6. The van der Waals surface area contributed by atoms with Gasteiger partial charge in [-0.05, 0) is 49.6 Å². The predicted octanol–water partition coefficient (Wildman–Crippen LogP) is 4.97. The Hall–Kier alpha value is -3.81. The van der Waals surface area contributed by atoms with Gasteiger partial charge in [0.25, 0.3) is 0 Å². The number of ether oxygens (including phenoxy) is 1. The second-order valence-electron chi connectivity index (χ2n) is 9.09. The van der Waals surface area contributed by atoms with E-state index >= 15 is 0 Å². The molecule has 3 N–H and O–H groups in total. The highest BCUT2D eigenvalue weighted by Gasteiger charge is 2.27. The SMILES string of the molecule is Cc1nc(NC2CCCCC2NC(=O)Nc2ccc(OCc3ccccc3)cc2)cc(N(C)C)n1. The normalized spacial score (nSPS) is 17.3. The van der Waals surface area contributed by atoms with Gasteiger partial charge in [-0.3, -0.25) is 0 Å². The molecule has 8 heteroatoms. The van der Waals surface area contributed by atoms with Crippen LogP contribution in [-0.4, -0.2) is 42.2 Å². The summed E-state index contributed by atoms with van der Waals surface area (Å²) in [5.41, 5.74) is 1.83. The minimum atomic E-state index is -0.213. The van der Waals surface area contributed by atoms with Gasteiger partial charge in [-0.2, -0.15) is 0 Å². The van der Waals surface area contributed by atoms with Gasteiger partial charge in [0.15, 0.2) is 0 Å². The average molecular weight is 475 g/mol. The van der Waals surface area contributed by atoms with Crippen molar-refractivity contribution in [2.45, 2.75) is 51.3 Å². The lowest BCUT2D eigenvalue weighted by atomic mass is 9.90. The Morgan fingerprint density at radius 1 is 1.00 bits per heavy atom. The van der Waals surface area contributed by atoms with Gasteiger partial charge >= 0.3 is 6.03 Å². The summed E-state index contributed by atoms with van der Waals surface area (Å²) < 4.78 is 5.83. The minimum absolute atomic E-state index is 0.00954. The molecule has 0 aliphatic heterocycles. The number of rotatable bonds is 8. The topological polar surface area (TPSA) is 91.4 Å². The van der Waals surface area contributed by atoms with E-state index in [9.17, 15) is 4.79 Å². The Bertz CT molecular complexity index is 1100. The molecule has 2 amide bonds. The fourth-order valence-electron chi connectivity index (χ4n) is 4.23. The number of amides is 2. The van der Waals surface area contributed by atoms with Crippen molar-refractivity contribution in [1.29, 1.82) is 0 Å². The van der Waals surface area contributed by atoms with Crippen LogP contribution in [0, 0.1) is 6.92 Å². The van der Waals surface area contributed by atoms with Crippen molar-refractivity contribution >= 4 is 23.4 Å². The number of hydrogen-bond acceptors (Lipinski definition) is 6. The highest BCUT2D eigenvalue weighted by atomic mass is 16.5. The molecule has 0 saturated heterocycles. The molecule has 2 atom stereocenters. The highest BCUT2D eigenvalue weighted by molar-refractivity contribution is 5.89. The van der Waals surface area contributed by atoms with E-state index in [1.54, 1.807) is 0 Å². The highest BCUT2D eigenvalue weighted by Crippen LogP contribution is 2.24. The molecule has 35 heavy (non-hydrogen) atoms. The van der Waals surface area contributed by atoms with Crippen LogP contribution in [0.5, 0.6) is 5.75 Å². The number of carbonyl (C=O) groups is 1. The molecule has 184 valence electrons. The molecule has 3 aromatic rings. The van der Waals surface area contributed by atoms with Crippen LogP contribution in [0.3, 0.4) is 0 Å². The molecule has 8 nitrogen and oxygen atoms in total. The van der Waals surface area contributed by atoms with Crippen LogP contribution in [0.2, 0.25) is 0 Å². The van der Waals surface area contributed by atoms with Gasteiger partial charge in [0.05, 0.1) is 6.04 Å². The largest absolute Gasteiger partial charge is 0.489 e. The third-order valence-corrected chi connectivity index (χ3v) is 6.06. The van der Waals surface area contributed by atoms with Crippen molar-refractivity contribution in [3.05, 3.63) is 72.1 Å². The molecule has 2 aromatic carbocycles. The van der Waals surface area contributed by atoms with Crippen molar-refractivity contribution in [2.75, 3.05) is 29.6 Å². The Morgan fingerprint density at radius 3 is 2.43 bits per heavy atom. The van der Waals surface area contributed by atoms with Gasteiger partial charge in [0.2, 0.25) is 0 Å². The predicted molar refractivity (Wildman–Crippen MR) is 140 cm³/mol. The lowest BCUT2D eigenvalue weighted by molar-refractivity contribution is 0.242. The first-order valence-corrected chi connectivity index (χ1v) is 12.1. The molecule has 1 aromatic heterocycles. The zero-order valence-corrected chi connectivity index (χ0v) is 20.6. The second-order valence-corrected chi connectivity index (χ2v) is 9.09. The third kappa shape index (κ3) is 7.09. The number of aryl methyl sites for hydroxylation is 1. The summed E-state index contributed by atoms with van der Waals surface area (Å²) in [6.07, 6.45) is 4.09. The smallest absolute Gasteiger partial charge is 0.319 e. The number of urea groups is 1. The van der Waals surface area contributed by atoms with Gasteiger partial charge in [-0.1, -0.05) is 43.2 Å². The number of benzene rings is 2. The molecule has 1 fully saturated rings.